The second kappa shape index (κ2) is 5.50. The standard InChI is InChI=1S/C5H9FO3/c1-8-5(7)2-3-9-4-6/h2-4H2,1H3. The van der Waals surface area contributed by atoms with Crippen molar-refractivity contribution in [1.82, 2.24) is 0 Å². The number of alkyl halides is 1. The third-order valence-electron chi connectivity index (χ3n) is 0.755. The van der Waals surface area contributed by atoms with Gasteiger partial charge in [-0.25, -0.2) is 4.39 Å². The fraction of sp³-hybridized carbons (Fsp3) is 0.800. The maximum Gasteiger partial charge on any atom is 0.307 e. The molecule has 0 unspecified atom stereocenters. The largest absolute Gasteiger partial charge is 0.469 e. The van der Waals surface area contributed by atoms with Crippen LogP contribution in [-0.2, 0) is 14.3 Å². The molecule has 0 aromatic carbocycles. The lowest BCUT2D eigenvalue weighted by Crippen LogP contribution is -2.04. The minimum atomic E-state index is -0.850. The molecule has 0 heterocycles. The fourth-order valence-corrected chi connectivity index (χ4v) is 0.312. The first-order chi connectivity index (χ1) is 4.31. The lowest BCUT2D eigenvalue weighted by molar-refractivity contribution is -0.142. The van der Waals surface area contributed by atoms with Gasteiger partial charge in [0.25, 0.3) is 0 Å². The summed E-state index contributed by atoms with van der Waals surface area (Å²) in [5.74, 6) is -0.386. The topological polar surface area (TPSA) is 35.5 Å². The van der Waals surface area contributed by atoms with Crippen LogP contribution in [-0.4, -0.2) is 26.5 Å². The van der Waals surface area contributed by atoms with Gasteiger partial charge in [-0.1, -0.05) is 0 Å². The van der Waals surface area contributed by atoms with Gasteiger partial charge in [-0.3, -0.25) is 4.79 Å². The van der Waals surface area contributed by atoms with E-state index >= 15 is 0 Å². The summed E-state index contributed by atoms with van der Waals surface area (Å²) in [7, 11) is 1.28. The van der Waals surface area contributed by atoms with Gasteiger partial charge < -0.3 is 9.47 Å². The molecule has 0 rings (SSSR count). The summed E-state index contributed by atoms with van der Waals surface area (Å²) in [4.78, 5) is 10.3. The molecule has 0 N–H and O–H groups in total. The molecule has 0 amide bonds. The van der Waals surface area contributed by atoms with E-state index in [2.05, 4.69) is 9.47 Å². The number of rotatable bonds is 4. The van der Waals surface area contributed by atoms with Crippen molar-refractivity contribution in [1.29, 1.82) is 0 Å². The van der Waals surface area contributed by atoms with Gasteiger partial charge in [0.15, 0.2) is 6.86 Å². The third kappa shape index (κ3) is 5.23. The first kappa shape index (κ1) is 8.36. The zero-order chi connectivity index (χ0) is 7.11. The molecule has 0 radical (unpaired) electrons. The van der Waals surface area contributed by atoms with Crippen molar-refractivity contribution >= 4 is 5.97 Å². The summed E-state index contributed by atoms with van der Waals surface area (Å²) >= 11 is 0. The molecule has 0 saturated heterocycles. The highest BCUT2D eigenvalue weighted by atomic mass is 19.1. The Balaban J connectivity index is 2.97. The lowest BCUT2D eigenvalue weighted by atomic mass is 10.5. The summed E-state index contributed by atoms with van der Waals surface area (Å²) in [5.41, 5.74) is 0. The number of ether oxygens (including phenoxy) is 2. The normalized spacial score (nSPS) is 9.11. The van der Waals surface area contributed by atoms with E-state index in [9.17, 15) is 9.18 Å². The van der Waals surface area contributed by atoms with Crippen molar-refractivity contribution in [2.45, 2.75) is 6.42 Å². The summed E-state index contributed by atoms with van der Waals surface area (Å²) in [6, 6.07) is 0. The molecule has 0 aliphatic heterocycles. The molecule has 9 heavy (non-hydrogen) atoms. The number of hydrogen-bond acceptors (Lipinski definition) is 3. The van der Waals surface area contributed by atoms with Crippen molar-refractivity contribution in [2.24, 2.45) is 0 Å². The molecule has 0 aromatic heterocycles. The van der Waals surface area contributed by atoms with E-state index in [1.54, 1.807) is 0 Å². The molecule has 0 bridgehead atoms. The third-order valence-corrected chi connectivity index (χ3v) is 0.755. The average molecular weight is 136 g/mol. The molecule has 4 heteroatoms. The predicted octanol–water partition coefficient (Wildman–Crippen LogP) is 0.493. The Morgan fingerprint density at radius 2 is 2.33 bits per heavy atom. The molecule has 0 saturated carbocycles. The number of hydrogen-bond donors (Lipinski definition) is 0. The SMILES string of the molecule is COC(=O)CCOCF. The van der Waals surface area contributed by atoms with Crippen LogP contribution in [0, 0.1) is 0 Å². The average Bonchev–Trinajstić information content (AvgIpc) is 1.89. The zero-order valence-corrected chi connectivity index (χ0v) is 5.22. The van der Waals surface area contributed by atoms with Crippen LogP contribution in [0.5, 0.6) is 0 Å². The Labute approximate surface area is 52.8 Å². The van der Waals surface area contributed by atoms with E-state index in [0.29, 0.717) is 0 Å². The molecule has 0 aliphatic carbocycles. The first-order valence-electron chi connectivity index (χ1n) is 2.51. The summed E-state index contributed by atoms with van der Waals surface area (Å²) in [5, 5.41) is 0. The number of halogens is 1. The molecular weight excluding hydrogens is 127 g/mol. The monoisotopic (exact) mass is 136 g/mol. The van der Waals surface area contributed by atoms with Crippen LogP contribution >= 0.6 is 0 Å². The van der Waals surface area contributed by atoms with Crippen LogP contribution < -0.4 is 0 Å². The predicted molar refractivity (Wildman–Crippen MR) is 28.6 cm³/mol. The van der Waals surface area contributed by atoms with E-state index in [1.165, 1.54) is 7.11 Å². The van der Waals surface area contributed by atoms with Crippen molar-refractivity contribution < 1.29 is 18.7 Å². The van der Waals surface area contributed by atoms with Crippen molar-refractivity contribution in [3.05, 3.63) is 0 Å². The Kier molecular flexibility index (Phi) is 5.11. The highest BCUT2D eigenvalue weighted by Gasteiger charge is 1.97. The van der Waals surface area contributed by atoms with Crippen LogP contribution in [0.25, 0.3) is 0 Å². The molecule has 3 nitrogen and oxygen atoms in total. The smallest absolute Gasteiger partial charge is 0.307 e. The fourth-order valence-electron chi connectivity index (χ4n) is 0.312. The molecule has 0 aromatic rings. The first-order valence-corrected chi connectivity index (χ1v) is 2.51. The Hall–Kier alpha value is -0.640. The van der Waals surface area contributed by atoms with Crippen LogP contribution in [0.15, 0.2) is 0 Å². The summed E-state index contributed by atoms with van der Waals surface area (Å²) in [6.45, 7) is -0.764. The maximum absolute atomic E-state index is 11.2. The Morgan fingerprint density at radius 3 is 2.78 bits per heavy atom. The van der Waals surface area contributed by atoms with Crippen molar-refractivity contribution in [3.8, 4) is 0 Å². The van der Waals surface area contributed by atoms with E-state index < -0.39 is 6.86 Å². The number of carbonyl (C=O) groups excluding carboxylic acids is 1. The molecule has 0 atom stereocenters. The van der Waals surface area contributed by atoms with E-state index in [1.807, 2.05) is 0 Å². The molecular formula is C5H9FO3. The van der Waals surface area contributed by atoms with Crippen molar-refractivity contribution in [2.75, 3.05) is 20.6 Å². The van der Waals surface area contributed by atoms with Crippen LogP contribution in [0.2, 0.25) is 0 Å². The minimum absolute atomic E-state index is 0.0865. The molecule has 0 aliphatic rings. The highest BCUT2D eigenvalue weighted by molar-refractivity contribution is 5.69. The van der Waals surface area contributed by atoms with Gasteiger partial charge in [0.05, 0.1) is 20.1 Å². The lowest BCUT2D eigenvalue weighted by Gasteiger charge is -1.96. The Bertz CT molecular complexity index is 84.3. The van der Waals surface area contributed by atoms with E-state index in [4.69, 9.17) is 0 Å². The molecule has 0 fully saturated rings. The highest BCUT2D eigenvalue weighted by Crippen LogP contribution is 1.85. The van der Waals surface area contributed by atoms with Gasteiger partial charge in [-0.15, -0.1) is 0 Å². The zero-order valence-electron chi connectivity index (χ0n) is 5.22. The molecule has 0 spiro atoms. The van der Waals surface area contributed by atoms with Gasteiger partial charge in [-0.05, 0) is 0 Å². The number of esters is 1. The summed E-state index contributed by atoms with van der Waals surface area (Å²) < 4.78 is 19.7. The summed E-state index contributed by atoms with van der Waals surface area (Å²) in [6.07, 6.45) is 0.112. The maximum atomic E-state index is 11.2. The Morgan fingerprint density at radius 1 is 1.67 bits per heavy atom. The number of carbonyl (C=O) groups is 1. The van der Waals surface area contributed by atoms with Crippen LogP contribution in [0.4, 0.5) is 4.39 Å². The van der Waals surface area contributed by atoms with Gasteiger partial charge in [0.2, 0.25) is 0 Å². The van der Waals surface area contributed by atoms with Gasteiger partial charge in [0, 0.05) is 0 Å². The second-order valence-corrected chi connectivity index (χ2v) is 1.34. The van der Waals surface area contributed by atoms with Gasteiger partial charge in [0.1, 0.15) is 0 Å². The quantitative estimate of drug-likeness (QED) is 0.417. The van der Waals surface area contributed by atoms with Gasteiger partial charge >= 0.3 is 5.97 Å². The molecule has 54 valence electrons. The van der Waals surface area contributed by atoms with Gasteiger partial charge in [-0.2, -0.15) is 0 Å². The second-order valence-electron chi connectivity index (χ2n) is 1.34. The van der Waals surface area contributed by atoms with Crippen LogP contribution in [0.3, 0.4) is 0 Å². The number of methoxy groups -OCH3 is 1. The van der Waals surface area contributed by atoms with E-state index in [0.717, 1.165) is 0 Å². The van der Waals surface area contributed by atoms with E-state index in [-0.39, 0.29) is 19.0 Å². The minimum Gasteiger partial charge on any atom is -0.469 e. The van der Waals surface area contributed by atoms with Crippen LogP contribution in [0.1, 0.15) is 6.42 Å². The van der Waals surface area contributed by atoms with Crippen molar-refractivity contribution in [3.63, 3.8) is 0 Å².